The van der Waals surface area contributed by atoms with Gasteiger partial charge >= 0.3 is 0 Å². The number of carbonyl (C=O) groups is 2. The van der Waals surface area contributed by atoms with Gasteiger partial charge in [0.15, 0.2) is 0 Å². The molecule has 3 nitrogen and oxygen atoms in total. The zero-order valence-electron chi connectivity index (χ0n) is 9.08. The van der Waals surface area contributed by atoms with Crippen molar-refractivity contribution in [1.82, 2.24) is 4.90 Å². The quantitative estimate of drug-likeness (QED) is 0.647. The number of unbranched alkanes of at least 4 members (excludes halogenated alkanes) is 2. The summed E-state index contributed by atoms with van der Waals surface area (Å²) < 4.78 is 0. The number of hydrogen-bond donors (Lipinski definition) is 0. The van der Waals surface area contributed by atoms with E-state index >= 15 is 0 Å². The Balaban J connectivity index is 2.43. The topological polar surface area (TPSA) is 37.4 Å². The van der Waals surface area contributed by atoms with Crippen LogP contribution in [0.5, 0.6) is 0 Å². The molecule has 2 amide bonds. The summed E-state index contributed by atoms with van der Waals surface area (Å²) in [4.78, 5) is 24.0. The van der Waals surface area contributed by atoms with Crippen LogP contribution in [0.4, 0.5) is 0 Å². The van der Waals surface area contributed by atoms with Crippen LogP contribution >= 0.6 is 0 Å². The first kappa shape index (κ1) is 11.2. The van der Waals surface area contributed by atoms with Crippen molar-refractivity contribution >= 4 is 11.8 Å². The molecule has 0 N–H and O–H groups in total. The van der Waals surface area contributed by atoms with E-state index in [1.54, 1.807) is 0 Å². The van der Waals surface area contributed by atoms with Gasteiger partial charge in [0.1, 0.15) is 0 Å². The van der Waals surface area contributed by atoms with Crippen LogP contribution in [0.3, 0.4) is 0 Å². The Morgan fingerprint density at radius 2 is 2.21 bits per heavy atom. The number of hydrogen-bond acceptors (Lipinski definition) is 2. The molecule has 1 unspecified atom stereocenters. The minimum Gasteiger partial charge on any atom is -0.280 e. The van der Waals surface area contributed by atoms with E-state index in [9.17, 15) is 9.59 Å². The Morgan fingerprint density at radius 3 is 2.79 bits per heavy atom. The molecule has 0 aromatic heterocycles. The van der Waals surface area contributed by atoms with Crippen LogP contribution in [0.1, 0.15) is 52.4 Å². The summed E-state index contributed by atoms with van der Waals surface area (Å²) in [5, 5.41) is 0. The van der Waals surface area contributed by atoms with Gasteiger partial charge in [0, 0.05) is 19.4 Å². The lowest BCUT2D eigenvalue weighted by Gasteiger charge is -2.21. The van der Waals surface area contributed by atoms with Crippen molar-refractivity contribution in [2.45, 2.75) is 58.4 Å². The summed E-state index contributed by atoms with van der Waals surface area (Å²) in [5.74, 6) is -0.0759. The monoisotopic (exact) mass is 197 g/mol. The fourth-order valence-corrected chi connectivity index (χ4v) is 2.08. The van der Waals surface area contributed by atoms with Gasteiger partial charge in [-0.15, -0.1) is 0 Å². The van der Waals surface area contributed by atoms with Gasteiger partial charge in [-0.2, -0.15) is 0 Å². The summed E-state index contributed by atoms with van der Waals surface area (Å²) in [6.07, 6.45) is 5.90. The lowest BCUT2D eigenvalue weighted by Crippen LogP contribution is -2.36. The minimum absolute atomic E-state index is 0.0130. The highest BCUT2D eigenvalue weighted by molar-refractivity contribution is 5.96. The molecule has 0 aliphatic carbocycles. The van der Waals surface area contributed by atoms with Crippen molar-refractivity contribution < 1.29 is 9.59 Å². The van der Waals surface area contributed by atoms with Crippen LogP contribution < -0.4 is 0 Å². The third kappa shape index (κ3) is 2.56. The smallest absolute Gasteiger partial charge is 0.229 e. The Kier molecular flexibility index (Phi) is 4.11. The number of amides is 2. The van der Waals surface area contributed by atoms with Crippen LogP contribution in [-0.2, 0) is 9.59 Å². The molecule has 14 heavy (non-hydrogen) atoms. The molecular formula is C11H19NO2. The van der Waals surface area contributed by atoms with Crippen molar-refractivity contribution in [3.05, 3.63) is 0 Å². The fraction of sp³-hybridized carbons (Fsp3) is 0.818. The van der Waals surface area contributed by atoms with E-state index in [0.29, 0.717) is 6.42 Å². The second-order valence-electron chi connectivity index (χ2n) is 3.97. The molecule has 1 heterocycles. The maximum absolute atomic E-state index is 11.4. The molecule has 3 heteroatoms. The highest BCUT2D eigenvalue weighted by Crippen LogP contribution is 2.23. The van der Waals surface area contributed by atoms with Crippen LogP contribution in [-0.4, -0.2) is 22.8 Å². The van der Waals surface area contributed by atoms with Crippen LogP contribution in [0.15, 0.2) is 0 Å². The summed E-state index contributed by atoms with van der Waals surface area (Å²) in [7, 11) is 0. The van der Waals surface area contributed by atoms with E-state index in [1.165, 1.54) is 24.7 Å². The molecule has 0 saturated carbocycles. The van der Waals surface area contributed by atoms with Crippen molar-refractivity contribution in [1.29, 1.82) is 0 Å². The predicted octanol–water partition coefficient (Wildman–Crippen LogP) is 2.10. The number of rotatable bonds is 4. The van der Waals surface area contributed by atoms with Gasteiger partial charge in [0.05, 0.1) is 0 Å². The van der Waals surface area contributed by atoms with Crippen molar-refractivity contribution in [3.8, 4) is 0 Å². The minimum atomic E-state index is -0.0889. The Bertz CT molecular complexity index is 225. The molecule has 0 aromatic carbocycles. The number of imide groups is 1. The van der Waals surface area contributed by atoms with Crippen molar-refractivity contribution in [2.75, 3.05) is 0 Å². The van der Waals surface area contributed by atoms with Gasteiger partial charge in [-0.3, -0.25) is 14.5 Å². The number of carbonyl (C=O) groups excluding carboxylic acids is 2. The molecule has 0 aromatic rings. The molecule has 1 fully saturated rings. The number of likely N-dealkylation sites (tertiary alicyclic amines) is 1. The third-order valence-corrected chi connectivity index (χ3v) is 2.81. The van der Waals surface area contributed by atoms with E-state index in [0.717, 1.165) is 19.3 Å². The van der Waals surface area contributed by atoms with E-state index in [2.05, 4.69) is 6.92 Å². The standard InChI is InChI=1S/C11H19NO2/c1-3-4-5-6-10-7-8-11(14)12(10)9(2)13/h10H,3-8H2,1-2H3. The first-order valence-electron chi connectivity index (χ1n) is 5.49. The average Bonchev–Trinajstić information content (AvgIpc) is 2.47. The van der Waals surface area contributed by atoms with E-state index < -0.39 is 0 Å². The van der Waals surface area contributed by atoms with E-state index in [-0.39, 0.29) is 17.9 Å². The largest absolute Gasteiger partial charge is 0.280 e. The predicted molar refractivity (Wildman–Crippen MR) is 54.7 cm³/mol. The zero-order valence-corrected chi connectivity index (χ0v) is 9.08. The molecule has 0 bridgehead atoms. The third-order valence-electron chi connectivity index (χ3n) is 2.81. The van der Waals surface area contributed by atoms with Crippen molar-refractivity contribution in [3.63, 3.8) is 0 Å². The van der Waals surface area contributed by atoms with Gasteiger partial charge in [-0.1, -0.05) is 26.2 Å². The van der Waals surface area contributed by atoms with Gasteiger partial charge in [-0.05, 0) is 12.8 Å². The second-order valence-corrected chi connectivity index (χ2v) is 3.97. The van der Waals surface area contributed by atoms with E-state index in [1.807, 2.05) is 0 Å². The van der Waals surface area contributed by atoms with Crippen LogP contribution in [0, 0.1) is 0 Å². The van der Waals surface area contributed by atoms with E-state index in [4.69, 9.17) is 0 Å². The maximum Gasteiger partial charge on any atom is 0.229 e. The molecule has 1 rings (SSSR count). The number of nitrogens with zero attached hydrogens (tertiary/aromatic N) is 1. The summed E-state index contributed by atoms with van der Waals surface area (Å²) in [6, 6.07) is 0.187. The summed E-state index contributed by atoms with van der Waals surface area (Å²) >= 11 is 0. The molecule has 1 aliphatic heterocycles. The summed E-state index contributed by atoms with van der Waals surface area (Å²) in [5.41, 5.74) is 0. The van der Waals surface area contributed by atoms with Crippen molar-refractivity contribution in [2.24, 2.45) is 0 Å². The zero-order chi connectivity index (χ0) is 10.6. The molecular weight excluding hydrogens is 178 g/mol. The van der Waals surface area contributed by atoms with Crippen LogP contribution in [0.2, 0.25) is 0 Å². The highest BCUT2D eigenvalue weighted by Gasteiger charge is 2.32. The Labute approximate surface area is 85.5 Å². The first-order chi connectivity index (χ1) is 6.66. The second kappa shape index (κ2) is 5.13. The molecule has 1 aliphatic rings. The first-order valence-corrected chi connectivity index (χ1v) is 5.49. The molecule has 80 valence electrons. The molecule has 0 spiro atoms. The average molecular weight is 197 g/mol. The molecule has 0 radical (unpaired) electrons. The Hall–Kier alpha value is -0.860. The van der Waals surface area contributed by atoms with Gasteiger partial charge in [0.2, 0.25) is 11.8 Å². The Morgan fingerprint density at radius 1 is 1.50 bits per heavy atom. The maximum atomic E-state index is 11.4. The molecule has 1 saturated heterocycles. The van der Waals surface area contributed by atoms with Gasteiger partial charge in [0.25, 0.3) is 0 Å². The normalized spacial score (nSPS) is 21.7. The summed E-state index contributed by atoms with van der Waals surface area (Å²) in [6.45, 7) is 3.64. The van der Waals surface area contributed by atoms with Crippen LogP contribution in [0.25, 0.3) is 0 Å². The SMILES string of the molecule is CCCCCC1CCC(=O)N1C(C)=O. The van der Waals surface area contributed by atoms with Gasteiger partial charge < -0.3 is 0 Å². The lowest BCUT2D eigenvalue weighted by atomic mass is 10.1. The fourth-order valence-electron chi connectivity index (χ4n) is 2.08. The highest BCUT2D eigenvalue weighted by atomic mass is 16.2. The van der Waals surface area contributed by atoms with Gasteiger partial charge in [-0.25, -0.2) is 0 Å². The molecule has 1 atom stereocenters. The lowest BCUT2D eigenvalue weighted by molar-refractivity contribution is -0.142.